The van der Waals surface area contributed by atoms with Crippen LogP contribution in [-0.4, -0.2) is 25.6 Å². The summed E-state index contributed by atoms with van der Waals surface area (Å²) in [5.41, 5.74) is 5.88. The van der Waals surface area contributed by atoms with E-state index in [1.54, 1.807) is 23.9 Å². The molecule has 1 aliphatic heterocycles. The fourth-order valence-electron chi connectivity index (χ4n) is 5.05. The van der Waals surface area contributed by atoms with Crippen molar-refractivity contribution in [2.75, 3.05) is 18.6 Å². The van der Waals surface area contributed by atoms with Crippen LogP contribution in [0.2, 0.25) is 0 Å². The van der Waals surface area contributed by atoms with E-state index >= 15 is 0 Å². The predicted octanol–water partition coefficient (Wildman–Crippen LogP) is 5.76. The lowest BCUT2D eigenvalue weighted by Crippen LogP contribution is -2.28. The molecule has 0 N–H and O–H groups in total. The first-order valence-corrected chi connectivity index (χ1v) is 14.5. The van der Waals surface area contributed by atoms with Crippen LogP contribution in [0.3, 0.4) is 0 Å². The molecule has 41 heavy (non-hydrogen) atoms. The zero-order valence-corrected chi connectivity index (χ0v) is 24.0. The van der Waals surface area contributed by atoms with Crippen LogP contribution in [0.5, 0.6) is 0 Å². The summed E-state index contributed by atoms with van der Waals surface area (Å²) in [6.45, 7) is 0.779. The number of hydrogen-bond donors (Lipinski definition) is 0. The van der Waals surface area contributed by atoms with Gasteiger partial charge in [0.2, 0.25) is 5.52 Å². The highest BCUT2D eigenvalue weighted by molar-refractivity contribution is 8.03. The van der Waals surface area contributed by atoms with Gasteiger partial charge in [-0.15, -0.1) is 0 Å². The van der Waals surface area contributed by atoms with Crippen LogP contribution in [0.25, 0.3) is 22.6 Å². The SMILES string of the molecule is COC(=O)c1ccc(C(=C\c2cc[n+](C)c3ccccc23)/C=C2\Sc3ccccc3N2CCCCCC(=O)[O-])cc1. The predicted molar refractivity (Wildman–Crippen MR) is 162 cm³/mol. The van der Waals surface area contributed by atoms with Crippen molar-refractivity contribution < 1.29 is 24.0 Å². The molecule has 208 valence electrons. The number of carboxylic acids is 1. The Bertz CT molecular complexity index is 1640. The molecule has 5 rings (SSSR count). The third-order valence-electron chi connectivity index (χ3n) is 7.20. The van der Waals surface area contributed by atoms with E-state index in [-0.39, 0.29) is 12.4 Å². The van der Waals surface area contributed by atoms with Gasteiger partial charge in [-0.1, -0.05) is 54.6 Å². The van der Waals surface area contributed by atoms with Gasteiger partial charge in [0.1, 0.15) is 7.05 Å². The molecule has 4 aromatic rings. The molecule has 0 saturated carbocycles. The summed E-state index contributed by atoms with van der Waals surface area (Å²) in [5.74, 6) is -1.36. The first kappa shape index (κ1) is 28.2. The largest absolute Gasteiger partial charge is 0.550 e. The molecule has 2 heterocycles. The lowest BCUT2D eigenvalue weighted by atomic mass is 9.99. The number of carbonyl (C=O) groups is 2. The lowest BCUT2D eigenvalue weighted by molar-refractivity contribution is -0.644. The van der Waals surface area contributed by atoms with Crippen LogP contribution in [0.4, 0.5) is 5.69 Å². The maximum atomic E-state index is 12.1. The van der Waals surface area contributed by atoms with E-state index in [0.717, 1.165) is 57.7 Å². The van der Waals surface area contributed by atoms with Gasteiger partial charge in [0, 0.05) is 29.5 Å². The number of pyridine rings is 1. The van der Waals surface area contributed by atoms with E-state index in [1.807, 2.05) is 37.4 Å². The molecular formula is C34H32N2O4S. The van der Waals surface area contributed by atoms with Crippen molar-refractivity contribution in [1.29, 1.82) is 0 Å². The third-order valence-corrected chi connectivity index (χ3v) is 8.31. The van der Waals surface area contributed by atoms with Crippen molar-refractivity contribution in [2.24, 2.45) is 7.05 Å². The minimum atomic E-state index is -0.998. The van der Waals surface area contributed by atoms with E-state index in [9.17, 15) is 14.7 Å². The van der Waals surface area contributed by atoms with Gasteiger partial charge in [-0.3, -0.25) is 0 Å². The summed E-state index contributed by atoms with van der Waals surface area (Å²) >= 11 is 1.73. The van der Waals surface area contributed by atoms with Gasteiger partial charge in [-0.05, 0) is 78.4 Å². The van der Waals surface area contributed by atoms with E-state index < -0.39 is 5.97 Å². The topological polar surface area (TPSA) is 73.5 Å². The van der Waals surface area contributed by atoms with Crippen molar-refractivity contribution >= 4 is 51.9 Å². The summed E-state index contributed by atoms with van der Waals surface area (Å²) in [6.07, 6.45) is 8.86. The van der Waals surface area contributed by atoms with Gasteiger partial charge in [-0.2, -0.15) is 0 Å². The molecule has 0 atom stereocenters. The van der Waals surface area contributed by atoms with Gasteiger partial charge in [-0.25, -0.2) is 9.36 Å². The molecule has 0 spiro atoms. The number of fused-ring (bicyclic) bond motifs is 2. The first-order chi connectivity index (χ1) is 19.9. The number of thioether (sulfide) groups is 1. The van der Waals surface area contributed by atoms with Gasteiger partial charge < -0.3 is 19.5 Å². The highest BCUT2D eigenvalue weighted by Crippen LogP contribution is 2.47. The number of carbonyl (C=O) groups excluding carboxylic acids is 2. The van der Waals surface area contributed by atoms with E-state index in [0.29, 0.717) is 12.0 Å². The Morgan fingerprint density at radius 2 is 1.66 bits per heavy atom. The standard InChI is InChI=1S/C34H32N2O4S/c1-35-21-19-26(28-10-5-6-11-29(28)35)22-27(24-15-17-25(18-16-24)34(39)40-2)23-32-36(20-9-3-4-14-33(37)38)30-12-7-8-13-31(30)41-32/h5-8,10-13,15-19,21-23H,3-4,9,14,20H2,1-2H3. The van der Waals surface area contributed by atoms with Crippen molar-refractivity contribution in [1.82, 2.24) is 0 Å². The smallest absolute Gasteiger partial charge is 0.337 e. The molecule has 0 fully saturated rings. The molecule has 3 aromatic carbocycles. The van der Waals surface area contributed by atoms with Crippen LogP contribution >= 0.6 is 11.8 Å². The Morgan fingerprint density at radius 3 is 2.44 bits per heavy atom. The second-order valence-corrected chi connectivity index (χ2v) is 11.0. The summed E-state index contributed by atoms with van der Waals surface area (Å²) in [5, 5.41) is 13.1. The molecule has 0 amide bonds. The second kappa shape index (κ2) is 12.9. The van der Waals surface area contributed by atoms with Crippen LogP contribution in [-0.2, 0) is 16.6 Å². The summed E-state index contributed by atoms with van der Waals surface area (Å²) in [6, 6.07) is 26.3. The first-order valence-electron chi connectivity index (χ1n) is 13.7. The number of hydrogen-bond acceptors (Lipinski definition) is 6. The highest BCUT2D eigenvalue weighted by Gasteiger charge is 2.25. The normalized spacial score (nSPS) is 14.0. The molecule has 7 heteroatoms. The molecule has 0 saturated heterocycles. The number of anilines is 1. The average Bonchev–Trinajstić information content (AvgIpc) is 3.34. The van der Waals surface area contributed by atoms with Gasteiger partial charge in [0.15, 0.2) is 6.20 Å². The molecule has 6 nitrogen and oxygen atoms in total. The minimum absolute atomic E-state index is 0.0886. The third kappa shape index (κ3) is 6.52. The van der Waals surface area contributed by atoms with Crippen molar-refractivity contribution in [2.45, 2.75) is 30.6 Å². The number of aliphatic carboxylic acids is 1. The Hall–Kier alpha value is -4.36. The fraction of sp³-hybridized carbons (Fsp3) is 0.206. The molecular weight excluding hydrogens is 532 g/mol. The van der Waals surface area contributed by atoms with Crippen LogP contribution in [0.1, 0.15) is 47.2 Å². The number of ether oxygens (including phenoxy) is 1. The second-order valence-electron chi connectivity index (χ2n) is 9.95. The Balaban J connectivity index is 1.56. The van der Waals surface area contributed by atoms with Crippen molar-refractivity contribution in [3.63, 3.8) is 0 Å². The Labute approximate surface area is 244 Å². The number of carboxylic acid groups (broad SMARTS) is 1. The Kier molecular flexibility index (Phi) is 8.85. The molecule has 0 bridgehead atoms. The maximum absolute atomic E-state index is 12.1. The summed E-state index contributed by atoms with van der Waals surface area (Å²) in [7, 11) is 3.43. The zero-order chi connectivity index (χ0) is 28.8. The number of unbranched alkanes of at least 4 members (excludes halogenated alkanes) is 2. The number of esters is 1. The number of methoxy groups -OCH3 is 1. The maximum Gasteiger partial charge on any atom is 0.337 e. The molecule has 0 unspecified atom stereocenters. The average molecular weight is 565 g/mol. The molecule has 0 aliphatic carbocycles. The number of rotatable bonds is 10. The Morgan fingerprint density at radius 1 is 0.927 bits per heavy atom. The quantitative estimate of drug-likeness (QED) is 0.139. The number of aromatic nitrogens is 1. The van der Waals surface area contributed by atoms with Crippen LogP contribution < -0.4 is 14.6 Å². The minimum Gasteiger partial charge on any atom is -0.550 e. The van der Waals surface area contributed by atoms with Gasteiger partial charge in [0.25, 0.3) is 0 Å². The summed E-state index contributed by atoms with van der Waals surface area (Å²) < 4.78 is 7.02. The number of aryl methyl sites for hydroxylation is 1. The lowest BCUT2D eigenvalue weighted by Gasteiger charge is -2.21. The molecule has 0 radical (unpaired) electrons. The highest BCUT2D eigenvalue weighted by atomic mass is 32.2. The number of allylic oxidation sites excluding steroid dienone is 2. The van der Waals surface area contributed by atoms with E-state index in [2.05, 4.69) is 64.2 Å². The number of para-hydroxylation sites is 2. The molecule has 1 aliphatic rings. The monoisotopic (exact) mass is 564 g/mol. The fourth-order valence-corrected chi connectivity index (χ4v) is 6.19. The van der Waals surface area contributed by atoms with E-state index in [4.69, 9.17) is 4.74 Å². The van der Waals surface area contributed by atoms with Crippen LogP contribution in [0, 0.1) is 0 Å². The van der Waals surface area contributed by atoms with Gasteiger partial charge in [0.05, 0.1) is 28.8 Å². The number of benzene rings is 3. The van der Waals surface area contributed by atoms with E-state index in [1.165, 1.54) is 12.0 Å². The van der Waals surface area contributed by atoms with Crippen LogP contribution in [0.15, 0.2) is 101 Å². The molecule has 1 aromatic heterocycles. The van der Waals surface area contributed by atoms with Gasteiger partial charge >= 0.3 is 5.97 Å². The number of nitrogens with zero attached hydrogens (tertiary/aromatic N) is 2. The van der Waals surface area contributed by atoms with Crippen molar-refractivity contribution in [3.05, 3.63) is 113 Å². The zero-order valence-electron chi connectivity index (χ0n) is 23.2. The summed E-state index contributed by atoms with van der Waals surface area (Å²) in [4.78, 5) is 26.5. The van der Waals surface area contributed by atoms with Crippen molar-refractivity contribution in [3.8, 4) is 0 Å².